The first-order chi connectivity index (χ1) is 11.2. The summed E-state index contributed by atoms with van der Waals surface area (Å²) < 4.78 is 13.4. The van der Waals surface area contributed by atoms with Gasteiger partial charge in [-0.2, -0.15) is 5.10 Å². The number of carbonyl (C=O) groups is 1. The van der Waals surface area contributed by atoms with Crippen LogP contribution in [-0.2, 0) is 11.5 Å². The third-order valence-corrected chi connectivity index (χ3v) is 3.53. The summed E-state index contributed by atoms with van der Waals surface area (Å²) >= 11 is 3.37. The van der Waals surface area contributed by atoms with E-state index in [0.717, 1.165) is 16.6 Å². The second kappa shape index (κ2) is 9.32. The summed E-state index contributed by atoms with van der Waals surface area (Å²) in [5.74, 6) is 0.550. The van der Waals surface area contributed by atoms with Gasteiger partial charge >= 0.3 is 0 Å². The molecule has 0 spiro atoms. The molecule has 0 saturated carbocycles. The number of halogens is 1. The summed E-state index contributed by atoms with van der Waals surface area (Å²) in [7, 11) is 0. The van der Waals surface area contributed by atoms with Crippen LogP contribution in [0.5, 0.6) is 5.75 Å². The Hall–Kier alpha value is -1.86. The van der Waals surface area contributed by atoms with Crippen molar-refractivity contribution in [3.8, 4) is 5.75 Å². The van der Waals surface area contributed by atoms with Crippen LogP contribution in [0.25, 0.3) is 0 Å². The Morgan fingerprint density at radius 2 is 2.09 bits per heavy atom. The van der Waals surface area contributed by atoms with Gasteiger partial charge in [-0.1, -0.05) is 15.9 Å². The molecule has 2 aromatic rings. The summed E-state index contributed by atoms with van der Waals surface area (Å²) in [5.41, 5.74) is 0.376. The van der Waals surface area contributed by atoms with Gasteiger partial charge in [-0.25, -0.2) is 4.68 Å². The molecule has 1 amide bonds. The summed E-state index contributed by atoms with van der Waals surface area (Å²) in [5, 5.41) is 7.01. The number of hydrogen-bond donors (Lipinski definition) is 1. The van der Waals surface area contributed by atoms with Crippen molar-refractivity contribution in [1.29, 1.82) is 0 Å². The van der Waals surface area contributed by atoms with Gasteiger partial charge in [-0.3, -0.25) is 4.79 Å². The van der Waals surface area contributed by atoms with E-state index in [1.54, 1.807) is 16.9 Å². The minimum Gasteiger partial charge on any atom is -0.471 e. The minimum atomic E-state index is -0.191. The average Bonchev–Trinajstić information content (AvgIpc) is 3.03. The van der Waals surface area contributed by atoms with Gasteiger partial charge < -0.3 is 14.8 Å². The summed E-state index contributed by atoms with van der Waals surface area (Å²) in [6, 6.07) is 9.20. The Morgan fingerprint density at radius 1 is 1.30 bits per heavy atom. The summed E-state index contributed by atoms with van der Waals surface area (Å²) in [6.45, 7) is 4.10. The lowest BCUT2D eigenvalue weighted by atomic mass is 10.3. The van der Waals surface area contributed by atoms with Gasteiger partial charge in [-0.15, -0.1) is 0 Å². The van der Waals surface area contributed by atoms with E-state index in [0.29, 0.717) is 25.5 Å². The Bertz CT molecular complexity index is 613. The third kappa shape index (κ3) is 6.03. The number of hydrogen-bond acceptors (Lipinski definition) is 4. The first-order valence-corrected chi connectivity index (χ1v) is 8.26. The van der Waals surface area contributed by atoms with E-state index in [-0.39, 0.29) is 12.6 Å². The molecule has 0 aliphatic rings. The van der Waals surface area contributed by atoms with Crippen LogP contribution in [0.3, 0.4) is 0 Å². The molecule has 7 heteroatoms. The van der Waals surface area contributed by atoms with Gasteiger partial charge in [0.1, 0.15) is 11.4 Å². The van der Waals surface area contributed by atoms with Crippen LogP contribution in [0.1, 0.15) is 23.8 Å². The zero-order chi connectivity index (χ0) is 16.5. The summed E-state index contributed by atoms with van der Waals surface area (Å²) in [6.07, 6.45) is 2.50. The number of rotatable bonds is 9. The van der Waals surface area contributed by atoms with Crippen molar-refractivity contribution in [1.82, 2.24) is 15.1 Å². The number of nitrogens with zero attached hydrogens (tertiary/aromatic N) is 2. The SMILES string of the molecule is CCOCCCNC(=O)c1ccn(COc2ccc(Br)cc2)n1. The Kier molecular flexibility index (Phi) is 7.09. The molecule has 0 atom stereocenters. The molecular formula is C16H20BrN3O3. The maximum Gasteiger partial charge on any atom is 0.271 e. The molecule has 0 aliphatic carbocycles. The van der Waals surface area contributed by atoms with Crippen molar-refractivity contribution < 1.29 is 14.3 Å². The zero-order valence-corrected chi connectivity index (χ0v) is 14.6. The van der Waals surface area contributed by atoms with Crippen LogP contribution >= 0.6 is 15.9 Å². The van der Waals surface area contributed by atoms with Gasteiger partial charge in [-0.05, 0) is 43.7 Å². The fourth-order valence-corrected chi connectivity index (χ4v) is 2.10. The number of amides is 1. The molecule has 0 aliphatic heterocycles. The number of benzene rings is 1. The van der Waals surface area contributed by atoms with E-state index in [4.69, 9.17) is 9.47 Å². The first kappa shape index (κ1) is 17.5. The van der Waals surface area contributed by atoms with Gasteiger partial charge in [0.2, 0.25) is 0 Å². The number of nitrogens with one attached hydrogen (secondary N) is 1. The van der Waals surface area contributed by atoms with Crippen LogP contribution in [0, 0.1) is 0 Å². The number of carbonyl (C=O) groups excluding carboxylic acids is 1. The van der Waals surface area contributed by atoms with Crippen molar-refractivity contribution in [2.45, 2.75) is 20.1 Å². The summed E-state index contributed by atoms with van der Waals surface area (Å²) in [4.78, 5) is 11.9. The molecule has 0 saturated heterocycles. The van der Waals surface area contributed by atoms with Crippen molar-refractivity contribution >= 4 is 21.8 Å². The number of aromatic nitrogens is 2. The van der Waals surface area contributed by atoms with Gasteiger partial charge in [0, 0.05) is 30.4 Å². The second-order valence-corrected chi connectivity index (χ2v) is 5.69. The van der Waals surface area contributed by atoms with Gasteiger partial charge in [0.25, 0.3) is 5.91 Å². The van der Waals surface area contributed by atoms with Crippen molar-refractivity contribution in [2.75, 3.05) is 19.8 Å². The normalized spacial score (nSPS) is 10.5. The van der Waals surface area contributed by atoms with E-state index in [9.17, 15) is 4.79 Å². The molecule has 6 nitrogen and oxygen atoms in total. The molecule has 23 heavy (non-hydrogen) atoms. The highest BCUT2D eigenvalue weighted by molar-refractivity contribution is 9.10. The van der Waals surface area contributed by atoms with Gasteiger partial charge in [0.15, 0.2) is 6.73 Å². The predicted octanol–water partition coefficient (Wildman–Crippen LogP) is 2.84. The van der Waals surface area contributed by atoms with Crippen LogP contribution < -0.4 is 10.1 Å². The first-order valence-electron chi connectivity index (χ1n) is 7.47. The lowest BCUT2D eigenvalue weighted by Gasteiger charge is -2.06. The monoisotopic (exact) mass is 381 g/mol. The fraction of sp³-hybridized carbons (Fsp3) is 0.375. The van der Waals surface area contributed by atoms with E-state index >= 15 is 0 Å². The van der Waals surface area contributed by atoms with Crippen LogP contribution in [0.2, 0.25) is 0 Å². The average molecular weight is 382 g/mol. The predicted molar refractivity (Wildman–Crippen MR) is 90.4 cm³/mol. The standard InChI is InChI=1S/C16H20BrN3O3/c1-2-22-11-3-9-18-16(21)15-8-10-20(19-15)12-23-14-6-4-13(17)5-7-14/h4-8,10H,2-3,9,11-12H2,1H3,(H,18,21). The molecule has 1 aromatic carbocycles. The van der Waals surface area contributed by atoms with Crippen molar-refractivity contribution in [3.05, 3.63) is 46.7 Å². The quantitative estimate of drug-likeness (QED) is 0.678. The Morgan fingerprint density at radius 3 is 2.83 bits per heavy atom. The van der Waals surface area contributed by atoms with Crippen LogP contribution in [0.4, 0.5) is 0 Å². The van der Waals surface area contributed by atoms with Crippen LogP contribution in [0.15, 0.2) is 41.0 Å². The molecule has 0 fully saturated rings. The third-order valence-electron chi connectivity index (χ3n) is 3.01. The zero-order valence-electron chi connectivity index (χ0n) is 13.0. The molecule has 0 radical (unpaired) electrons. The van der Waals surface area contributed by atoms with Crippen molar-refractivity contribution in [3.63, 3.8) is 0 Å². The molecular weight excluding hydrogens is 362 g/mol. The molecule has 0 bridgehead atoms. The van der Waals surface area contributed by atoms with Gasteiger partial charge in [0.05, 0.1) is 0 Å². The largest absolute Gasteiger partial charge is 0.471 e. The maximum absolute atomic E-state index is 11.9. The lowest BCUT2D eigenvalue weighted by Crippen LogP contribution is -2.26. The van der Waals surface area contributed by atoms with E-state index in [2.05, 4.69) is 26.3 Å². The molecule has 1 N–H and O–H groups in total. The highest BCUT2D eigenvalue weighted by atomic mass is 79.9. The van der Waals surface area contributed by atoms with E-state index in [1.807, 2.05) is 31.2 Å². The molecule has 1 heterocycles. The highest BCUT2D eigenvalue weighted by Crippen LogP contribution is 2.16. The topological polar surface area (TPSA) is 65.4 Å². The Balaban J connectivity index is 1.76. The maximum atomic E-state index is 11.9. The highest BCUT2D eigenvalue weighted by Gasteiger charge is 2.08. The molecule has 124 valence electrons. The van der Waals surface area contributed by atoms with E-state index in [1.165, 1.54) is 0 Å². The number of ether oxygens (including phenoxy) is 2. The fourth-order valence-electron chi connectivity index (χ4n) is 1.84. The molecule has 0 unspecified atom stereocenters. The smallest absolute Gasteiger partial charge is 0.271 e. The van der Waals surface area contributed by atoms with E-state index < -0.39 is 0 Å². The second-order valence-electron chi connectivity index (χ2n) is 4.77. The molecule has 2 rings (SSSR count). The minimum absolute atomic E-state index is 0.191. The lowest BCUT2D eigenvalue weighted by molar-refractivity contribution is 0.0937. The molecule has 1 aromatic heterocycles. The van der Waals surface area contributed by atoms with Crippen molar-refractivity contribution in [2.24, 2.45) is 0 Å². The van der Waals surface area contributed by atoms with Crippen LogP contribution in [-0.4, -0.2) is 35.4 Å². The Labute approximate surface area is 143 Å².